The van der Waals surface area contributed by atoms with Gasteiger partial charge in [-0.25, -0.2) is 4.98 Å². The van der Waals surface area contributed by atoms with E-state index in [1.165, 1.54) is 0 Å². The molecule has 1 fully saturated rings. The third-order valence-corrected chi connectivity index (χ3v) is 3.06. The normalized spacial score (nSPS) is 24.6. The molecule has 0 radical (unpaired) electrons. The van der Waals surface area contributed by atoms with Crippen molar-refractivity contribution in [1.29, 1.82) is 0 Å². The molecule has 0 N–H and O–H groups in total. The van der Waals surface area contributed by atoms with E-state index in [0.717, 1.165) is 5.56 Å². The van der Waals surface area contributed by atoms with E-state index in [0.29, 0.717) is 16.9 Å². The molecule has 7 heteroatoms. The van der Waals surface area contributed by atoms with Gasteiger partial charge >= 0.3 is 0 Å². The van der Waals surface area contributed by atoms with E-state index < -0.39 is 9.39 Å². The van der Waals surface area contributed by atoms with Gasteiger partial charge in [-0.2, -0.15) is 0 Å². The van der Waals surface area contributed by atoms with Gasteiger partial charge in [0, 0.05) is 6.42 Å². The summed E-state index contributed by atoms with van der Waals surface area (Å²) in [4.78, 5) is 3.85. The molecule has 0 aliphatic carbocycles. The first-order valence-corrected chi connectivity index (χ1v) is 6.24. The molecule has 1 aromatic heterocycles. The maximum absolute atomic E-state index is 5.81. The first kappa shape index (κ1) is 13.0. The Labute approximate surface area is 118 Å². The van der Waals surface area contributed by atoms with Crippen LogP contribution in [0.1, 0.15) is 12.0 Å². The predicted octanol–water partition coefficient (Wildman–Crippen LogP) is 4.37. The van der Waals surface area contributed by atoms with Crippen LogP contribution in [0.3, 0.4) is 0 Å². The smallest absolute Gasteiger partial charge is 0.193 e. The Morgan fingerprint density at radius 3 is 2.12 bits per heavy atom. The minimum absolute atomic E-state index is 0.251. The Kier molecular flexibility index (Phi) is 3.53. The lowest BCUT2D eigenvalue weighted by Gasteiger charge is -2.18. The lowest BCUT2D eigenvalue weighted by Crippen LogP contribution is -2.18. The van der Waals surface area contributed by atoms with E-state index >= 15 is 0 Å². The third-order valence-electron chi connectivity index (χ3n) is 2.27. The summed E-state index contributed by atoms with van der Waals surface area (Å²) in [6.45, 7) is 0.484. The zero-order chi connectivity index (χ0) is 12.0. The van der Waals surface area contributed by atoms with Gasteiger partial charge in [-0.1, -0.05) is 58.0 Å². The SMILES string of the molecule is Clc1cc(C2(CC(Cl)(Cl)Cl)CO2)cc(Cl)n1. The number of epoxide rings is 1. The van der Waals surface area contributed by atoms with Crippen molar-refractivity contribution in [2.75, 3.05) is 6.61 Å². The molecule has 1 saturated heterocycles. The molecule has 88 valence electrons. The van der Waals surface area contributed by atoms with Crippen LogP contribution in [0.5, 0.6) is 0 Å². The Bertz CT molecular complexity index is 393. The van der Waals surface area contributed by atoms with Crippen LogP contribution in [0.25, 0.3) is 0 Å². The lowest BCUT2D eigenvalue weighted by atomic mass is 9.98. The van der Waals surface area contributed by atoms with Crippen LogP contribution >= 0.6 is 58.0 Å². The minimum Gasteiger partial charge on any atom is -0.364 e. The average molecular weight is 321 g/mol. The number of halogens is 5. The predicted molar refractivity (Wildman–Crippen MR) is 66.8 cm³/mol. The minimum atomic E-state index is -1.38. The van der Waals surface area contributed by atoms with Crippen molar-refractivity contribution in [3.63, 3.8) is 0 Å². The summed E-state index contributed by atoms with van der Waals surface area (Å²) in [5, 5.41) is 0.586. The molecule has 2 heterocycles. The summed E-state index contributed by atoms with van der Waals surface area (Å²) < 4.78 is 3.99. The molecule has 2 nitrogen and oxygen atoms in total. The van der Waals surface area contributed by atoms with Crippen molar-refractivity contribution >= 4 is 58.0 Å². The van der Waals surface area contributed by atoms with Crippen LogP contribution in [0.4, 0.5) is 0 Å². The van der Waals surface area contributed by atoms with Crippen molar-refractivity contribution in [2.24, 2.45) is 0 Å². The van der Waals surface area contributed by atoms with Gasteiger partial charge in [0.15, 0.2) is 3.79 Å². The van der Waals surface area contributed by atoms with Gasteiger partial charge < -0.3 is 4.74 Å². The standard InChI is InChI=1S/C9H6Cl5NO/c10-6-1-5(2-7(11)15-6)8(4-16-8)3-9(12,13)14/h1-2H,3-4H2. The fourth-order valence-electron chi connectivity index (χ4n) is 1.51. The maximum Gasteiger partial charge on any atom is 0.193 e. The van der Waals surface area contributed by atoms with Gasteiger partial charge in [-0.05, 0) is 17.7 Å². The second-order valence-corrected chi connectivity index (χ2v) is 6.87. The Balaban J connectivity index is 2.30. The Hall–Kier alpha value is 0.560. The molecular formula is C9H6Cl5NO. The highest BCUT2D eigenvalue weighted by atomic mass is 35.6. The van der Waals surface area contributed by atoms with E-state index in [4.69, 9.17) is 62.7 Å². The number of hydrogen-bond acceptors (Lipinski definition) is 2. The molecular weight excluding hydrogens is 315 g/mol. The van der Waals surface area contributed by atoms with Gasteiger partial charge in [-0.15, -0.1) is 0 Å². The summed E-state index contributed by atoms with van der Waals surface area (Å²) >= 11 is 28.9. The van der Waals surface area contributed by atoms with Crippen LogP contribution < -0.4 is 0 Å². The second kappa shape index (κ2) is 4.34. The molecule has 2 rings (SSSR count). The van der Waals surface area contributed by atoms with E-state index in [1.807, 2.05) is 0 Å². The van der Waals surface area contributed by atoms with E-state index in [-0.39, 0.29) is 6.42 Å². The van der Waals surface area contributed by atoms with Crippen molar-refractivity contribution < 1.29 is 4.74 Å². The average Bonchev–Trinajstić information content (AvgIpc) is 2.80. The highest BCUT2D eigenvalue weighted by molar-refractivity contribution is 6.67. The molecule has 0 bridgehead atoms. The van der Waals surface area contributed by atoms with Crippen LogP contribution in [0.15, 0.2) is 12.1 Å². The number of nitrogens with zero attached hydrogens (tertiary/aromatic N) is 1. The molecule has 16 heavy (non-hydrogen) atoms. The number of alkyl halides is 3. The first-order chi connectivity index (χ1) is 7.31. The number of hydrogen-bond donors (Lipinski definition) is 0. The fraction of sp³-hybridized carbons (Fsp3) is 0.444. The van der Waals surface area contributed by atoms with Gasteiger partial charge in [0.05, 0.1) is 6.61 Å². The summed E-state index contributed by atoms with van der Waals surface area (Å²) in [6, 6.07) is 3.33. The van der Waals surface area contributed by atoms with E-state index in [1.54, 1.807) is 12.1 Å². The summed E-state index contributed by atoms with van der Waals surface area (Å²) in [5.41, 5.74) is 0.186. The topological polar surface area (TPSA) is 25.4 Å². The summed E-state index contributed by atoms with van der Waals surface area (Å²) in [5.74, 6) is 0. The molecule has 1 aliphatic heterocycles. The quantitative estimate of drug-likeness (QED) is 0.459. The fourth-order valence-corrected chi connectivity index (χ4v) is 2.62. The van der Waals surface area contributed by atoms with Crippen molar-refractivity contribution in [2.45, 2.75) is 15.8 Å². The van der Waals surface area contributed by atoms with E-state index in [2.05, 4.69) is 4.98 Å². The first-order valence-electron chi connectivity index (χ1n) is 4.35. The van der Waals surface area contributed by atoms with Crippen LogP contribution in [0.2, 0.25) is 10.3 Å². The largest absolute Gasteiger partial charge is 0.364 e. The van der Waals surface area contributed by atoms with Crippen molar-refractivity contribution in [3.8, 4) is 0 Å². The molecule has 1 unspecified atom stereocenters. The monoisotopic (exact) mass is 319 g/mol. The summed E-state index contributed by atoms with van der Waals surface area (Å²) in [6.07, 6.45) is 0.251. The number of aromatic nitrogens is 1. The maximum atomic E-state index is 5.81. The van der Waals surface area contributed by atoms with E-state index in [9.17, 15) is 0 Å². The summed E-state index contributed by atoms with van der Waals surface area (Å²) in [7, 11) is 0. The molecule has 0 aromatic carbocycles. The van der Waals surface area contributed by atoms with Crippen LogP contribution in [0, 0.1) is 0 Å². The van der Waals surface area contributed by atoms with Crippen LogP contribution in [-0.4, -0.2) is 15.4 Å². The number of pyridine rings is 1. The second-order valence-electron chi connectivity index (χ2n) is 3.58. The highest BCUT2D eigenvalue weighted by Gasteiger charge is 2.51. The molecule has 0 amide bonds. The van der Waals surface area contributed by atoms with Crippen molar-refractivity contribution in [1.82, 2.24) is 4.98 Å². The van der Waals surface area contributed by atoms with Crippen LogP contribution in [-0.2, 0) is 10.3 Å². The van der Waals surface area contributed by atoms with Gasteiger partial charge in [0.2, 0.25) is 0 Å². The number of rotatable bonds is 2. The third kappa shape index (κ3) is 3.06. The lowest BCUT2D eigenvalue weighted by molar-refractivity contribution is 0.294. The zero-order valence-electron chi connectivity index (χ0n) is 7.81. The van der Waals surface area contributed by atoms with Gasteiger partial charge in [-0.3, -0.25) is 0 Å². The number of ether oxygens (including phenoxy) is 1. The van der Waals surface area contributed by atoms with Gasteiger partial charge in [0.25, 0.3) is 0 Å². The molecule has 1 aromatic rings. The molecule has 0 spiro atoms. The molecule has 1 aliphatic rings. The Morgan fingerprint density at radius 1 is 1.25 bits per heavy atom. The molecule has 0 saturated carbocycles. The van der Waals surface area contributed by atoms with Crippen molar-refractivity contribution in [3.05, 3.63) is 28.0 Å². The Morgan fingerprint density at radius 2 is 1.75 bits per heavy atom. The van der Waals surface area contributed by atoms with Gasteiger partial charge in [0.1, 0.15) is 15.9 Å². The molecule has 1 atom stereocenters. The highest BCUT2D eigenvalue weighted by Crippen LogP contribution is 2.50. The zero-order valence-corrected chi connectivity index (χ0v) is 11.6.